The van der Waals surface area contributed by atoms with Crippen LogP contribution in [0.5, 0.6) is 0 Å². The zero-order valence-electron chi connectivity index (χ0n) is 18.8. The summed E-state index contributed by atoms with van der Waals surface area (Å²) in [5.74, 6) is 1.12. The summed E-state index contributed by atoms with van der Waals surface area (Å²) in [5.41, 5.74) is 6.62. The second kappa shape index (κ2) is 9.13. The van der Waals surface area contributed by atoms with E-state index in [0.717, 1.165) is 21.9 Å². The Morgan fingerprint density at radius 1 is 0.400 bits per heavy atom. The molecular formula is C31H20ClN3. The number of fused-ring (bicyclic) bond motifs is 1. The number of aromatic nitrogens is 3. The maximum absolute atomic E-state index is 6.26. The van der Waals surface area contributed by atoms with Gasteiger partial charge in [0.15, 0.2) is 11.6 Å². The third-order valence-electron chi connectivity index (χ3n) is 6.06. The predicted molar refractivity (Wildman–Crippen MR) is 144 cm³/mol. The van der Waals surface area contributed by atoms with Crippen molar-refractivity contribution < 1.29 is 0 Å². The van der Waals surface area contributed by atoms with Gasteiger partial charge < -0.3 is 0 Å². The molecule has 0 aliphatic rings. The lowest BCUT2D eigenvalue weighted by atomic mass is 9.93. The second-order valence-corrected chi connectivity index (χ2v) is 8.64. The summed E-state index contributed by atoms with van der Waals surface area (Å²) in [5, 5.41) is 2.45. The molecule has 0 spiro atoms. The van der Waals surface area contributed by atoms with Crippen molar-refractivity contribution in [3.63, 3.8) is 0 Å². The molecule has 0 saturated carbocycles. The van der Waals surface area contributed by atoms with Crippen molar-refractivity contribution in [3.8, 4) is 45.0 Å². The van der Waals surface area contributed by atoms with Crippen LogP contribution in [-0.4, -0.2) is 15.0 Å². The van der Waals surface area contributed by atoms with Crippen molar-refractivity contribution in [2.45, 2.75) is 0 Å². The van der Waals surface area contributed by atoms with Gasteiger partial charge in [-0.25, -0.2) is 4.98 Å². The smallest absolute Gasteiger partial charge is 0.208 e. The molecule has 4 heteroatoms. The van der Waals surface area contributed by atoms with Crippen LogP contribution in [0.2, 0.25) is 5.28 Å². The molecule has 35 heavy (non-hydrogen) atoms. The number of hydrogen-bond acceptors (Lipinski definition) is 3. The fourth-order valence-corrected chi connectivity index (χ4v) is 4.51. The van der Waals surface area contributed by atoms with E-state index in [9.17, 15) is 0 Å². The van der Waals surface area contributed by atoms with Crippen LogP contribution in [0.15, 0.2) is 121 Å². The first-order chi connectivity index (χ1) is 17.2. The largest absolute Gasteiger partial charge is 0.226 e. The highest BCUT2D eigenvalue weighted by atomic mass is 35.5. The van der Waals surface area contributed by atoms with Crippen molar-refractivity contribution in [3.05, 3.63) is 127 Å². The highest BCUT2D eigenvalue weighted by molar-refractivity contribution is 6.28. The van der Waals surface area contributed by atoms with Gasteiger partial charge in [0.1, 0.15) is 0 Å². The molecule has 0 fully saturated rings. The molecular weight excluding hydrogens is 450 g/mol. The summed E-state index contributed by atoms with van der Waals surface area (Å²) >= 11 is 6.26. The summed E-state index contributed by atoms with van der Waals surface area (Å²) in [4.78, 5) is 13.4. The van der Waals surface area contributed by atoms with Crippen molar-refractivity contribution in [1.82, 2.24) is 15.0 Å². The summed E-state index contributed by atoms with van der Waals surface area (Å²) in [6.07, 6.45) is 0. The SMILES string of the molecule is Clc1nc(-c2ccccc2)nc(-c2ccc3cc(-c4ccccc4-c4ccccc4)ccc3c2)n1. The first-order valence-electron chi connectivity index (χ1n) is 11.4. The van der Waals surface area contributed by atoms with Gasteiger partial charge in [0.2, 0.25) is 5.28 Å². The van der Waals surface area contributed by atoms with E-state index < -0.39 is 0 Å². The Balaban J connectivity index is 1.40. The van der Waals surface area contributed by atoms with Gasteiger partial charge in [0.05, 0.1) is 0 Å². The Bertz CT molecular complexity index is 1650. The van der Waals surface area contributed by atoms with E-state index in [2.05, 4.69) is 93.8 Å². The van der Waals surface area contributed by atoms with E-state index in [-0.39, 0.29) is 5.28 Å². The molecule has 0 radical (unpaired) electrons. The summed E-state index contributed by atoms with van der Waals surface area (Å²) < 4.78 is 0. The monoisotopic (exact) mass is 469 g/mol. The molecule has 6 rings (SSSR count). The molecule has 0 aliphatic carbocycles. The molecule has 3 nitrogen and oxygen atoms in total. The van der Waals surface area contributed by atoms with E-state index in [0.29, 0.717) is 11.6 Å². The van der Waals surface area contributed by atoms with Gasteiger partial charge in [0, 0.05) is 11.1 Å². The molecule has 0 bridgehead atoms. The van der Waals surface area contributed by atoms with Gasteiger partial charge in [-0.2, -0.15) is 9.97 Å². The quantitative estimate of drug-likeness (QED) is 0.260. The van der Waals surface area contributed by atoms with Crippen LogP contribution in [-0.2, 0) is 0 Å². The summed E-state index contributed by atoms with van der Waals surface area (Å²) in [6.45, 7) is 0. The minimum absolute atomic E-state index is 0.182. The summed E-state index contributed by atoms with van der Waals surface area (Å²) in [6, 6.07) is 41.6. The first-order valence-corrected chi connectivity index (χ1v) is 11.8. The zero-order valence-corrected chi connectivity index (χ0v) is 19.5. The van der Waals surface area contributed by atoms with Crippen LogP contribution in [0.3, 0.4) is 0 Å². The Hall–Kier alpha value is -4.34. The van der Waals surface area contributed by atoms with Crippen molar-refractivity contribution in [2.75, 3.05) is 0 Å². The van der Waals surface area contributed by atoms with Crippen LogP contribution in [0.25, 0.3) is 55.8 Å². The maximum atomic E-state index is 6.26. The van der Waals surface area contributed by atoms with E-state index in [1.165, 1.54) is 22.3 Å². The standard InChI is InChI=1S/C31H20ClN3/c32-31-34-29(22-11-5-2-6-12-22)33-30(35-31)26-18-16-23-19-25(17-15-24(23)20-26)28-14-8-7-13-27(28)21-9-3-1-4-10-21/h1-20H. The molecule has 166 valence electrons. The normalized spacial score (nSPS) is 11.0. The molecule has 6 aromatic rings. The Kier molecular flexibility index (Phi) is 5.53. The van der Waals surface area contributed by atoms with Crippen LogP contribution in [0.1, 0.15) is 0 Å². The van der Waals surface area contributed by atoms with E-state index in [1.54, 1.807) is 0 Å². The molecule has 1 heterocycles. The zero-order chi connectivity index (χ0) is 23.6. The van der Waals surface area contributed by atoms with Crippen LogP contribution >= 0.6 is 11.6 Å². The predicted octanol–water partition coefficient (Wildman–Crippen LogP) is 8.35. The third-order valence-corrected chi connectivity index (χ3v) is 6.23. The number of halogens is 1. The minimum atomic E-state index is 0.182. The Labute approximate surface area is 208 Å². The highest BCUT2D eigenvalue weighted by Crippen LogP contribution is 2.34. The number of rotatable bonds is 4. The molecule has 5 aromatic carbocycles. The summed E-state index contributed by atoms with van der Waals surface area (Å²) in [7, 11) is 0. The number of nitrogens with zero attached hydrogens (tertiary/aromatic N) is 3. The van der Waals surface area contributed by atoms with Crippen molar-refractivity contribution in [1.29, 1.82) is 0 Å². The van der Waals surface area contributed by atoms with E-state index in [1.807, 2.05) is 42.5 Å². The van der Waals surface area contributed by atoms with Gasteiger partial charge >= 0.3 is 0 Å². The van der Waals surface area contributed by atoms with Gasteiger partial charge in [-0.05, 0) is 56.8 Å². The number of hydrogen-bond donors (Lipinski definition) is 0. The molecule has 0 aliphatic heterocycles. The van der Waals surface area contributed by atoms with Crippen LogP contribution < -0.4 is 0 Å². The van der Waals surface area contributed by atoms with Gasteiger partial charge in [-0.3, -0.25) is 0 Å². The van der Waals surface area contributed by atoms with Gasteiger partial charge in [-0.1, -0.05) is 109 Å². The second-order valence-electron chi connectivity index (χ2n) is 8.31. The first kappa shape index (κ1) is 21.2. The maximum Gasteiger partial charge on any atom is 0.226 e. The Morgan fingerprint density at radius 3 is 1.54 bits per heavy atom. The van der Waals surface area contributed by atoms with E-state index in [4.69, 9.17) is 11.6 Å². The lowest BCUT2D eigenvalue weighted by Gasteiger charge is -2.12. The van der Waals surface area contributed by atoms with E-state index >= 15 is 0 Å². The fourth-order valence-electron chi connectivity index (χ4n) is 4.35. The van der Waals surface area contributed by atoms with Crippen LogP contribution in [0, 0.1) is 0 Å². The fraction of sp³-hybridized carbons (Fsp3) is 0. The lowest BCUT2D eigenvalue weighted by Crippen LogP contribution is -1.97. The minimum Gasteiger partial charge on any atom is -0.208 e. The topological polar surface area (TPSA) is 38.7 Å². The molecule has 0 N–H and O–H groups in total. The highest BCUT2D eigenvalue weighted by Gasteiger charge is 2.11. The Morgan fingerprint density at radius 2 is 0.886 bits per heavy atom. The average Bonchev–Trinajstić information content (AvgIpc) is 2.93. The third kappa shape index (κ3) is 4.30. The number of benzene rings is 5. The molecule has 1 aromatic heterocycles. The van der Waals surface area contributed by atoms with Crippen molar-refractivity contribution >= 4 is 22.4 Å². The van der Waals surface area contributed by atoms with Gasteiger partial charge in [0.25, 0.3) is 0 Å². The molecule has 0 amide bonds. The van der Waals surface area contributed by atoms with Gasteiger partial charge in [-0.15, -0.1) is 0 Å². The molecule has 0 saturated heterocycles. The molecule has 0 unspecified atom stereocenters. The lowest BCUT2D eigenvalue weighted by molar-refractivity contribution is 1.07. The molecule has 0 atom stereocenters. The van der Waals surface area contributed by atoms with Crippen LogP contribution in [0.4, 0.5) is 0 Å². The van der Waals surface area contributed by atoms with Crippen molar-refractivity contribution in [2.24, 2.45) is 0 Å². The average molecular weight is 470 g/mol.